The Balaban J connectivity index is 1.55. The zero-order valence-electron chi connectivity index (χ0n) is 26.0. The molecule has 0 fully saturated rings. The highest BCUT2D eigenvalue weighted by molar-refractivity contribution is 6.30. The minimum atomic E-state index is -0.261. The van der Waals surface area contributed by atoms with E-state index in [1.807, 2.05) is 30.3 Å². The molecule has 2 atom stereocenters. The van der Waals surface area contributed by atoms with Gasteiger partial charge in [0.05, 0.1) is 5.92 Å². The Morgan fingerprint density at radius 2 is 1.67 bits per heavy atom. The van der Waals surface area contributed by atoms with Crippen LogP contribution in [0.5, 0.6) is 0 Å². The molecule has 4 rings (SSSR count). The Hall–Kier alpha value is -3.60. The van der Waals surface area contributed by atoms with Gasteiger partial charge in [0.2, 0.25) is 0 Å². The molecule has 0 aliphatic heterocycles. The summed E-state index contributed by atoms with van der Waals surface area (Å²) in [7, 11) is 0. The first-order valence-electron chi connectivity index (χ1n) is 15.3. The number of benzene rings is 3. The highest BCUT2D eigenvalue weighted by Gasteiger charge is 2.19. The van der Waals surface area contributed by atoms with Crippen LogP contribution in [0.25, 0.3) is 11.4 Å². The lowest BCUT2D eigenvalue weighted by Gasteiger charge is -2.27. The van der Waals surface area contributed by atoms with Crippen LogP contribution >= 0.6 is 11.6 Å². The monoisotopic (exact) mass is 593 g/mol. The molecule has 0 saturated carbocycles. The number of hydrogen-bond acceptors (Lipinski definition) is 4. The summed E-state index contributed by atoms with van der Waals surface area (Å²) in [5.74, 6) is 1.63. The van der Waals surface area contributed by atoms with E-state index < -0.39 is 0 Å². The molecule has 224 valence electrons. The third kappa shape index (κ3) is 9.19. The maximum absolute atomic E-state index is 12.3. The van der Waals surface area contributed by atoms with Crippen molar-refractivity contribution in [2.45, 2.75) is 66.0 Å². The van der Waals surface area contributed by atoms with Crippen molar-refractivity contribution in [1.29, 1.82) is 0 Å². The van der Waals surface area contributed by atoms with Crippen LogP contribution in [-0.2, 0) is 24.3 Å². The van der Waals surface area contributed by atoms with Crippen LogP contribution in [-0.4, -0.2) is 27.7 Å². The summed E-state index contributed by atoms with van der Waals surface area (Å²) in [6, 6.07) is 24.7. The van der Waals surface area contributed by atoms with Crippen LogP contribution in [0.3, 0.4) is 0 Å². The average Bonchev–Trinajstić information content (AvgIpc) is 3.01. The number of rotatable bonds is 15. The summed E-state index contributed by atoms with van der Waals surface area (Å²) in [4.78, 5) is 23.5. The number of carbonyl (C=O) groups excluding carboxylic acids is 1. The van der Waals surface area contributed by atoms with Gasteiger partial charge in [0.1, 0.15) is 6.29 Å². The van der Waals surface area contributed by atoms with Crippen LogP contribution in [0.2, 0.25) is 5.02 Å². The van der Waals surface area contributed by atoms with E-state index in [0.717, 1.165) is 49.0 Å². The van der Waals surface area contributed by atoms with Crippen molar-refractivity contribution < 1.29 is 4.79 Å². The molecule has 4 nitrogen and oxygen atoms in total. The van der Waals surface area contributed by atoms with E-state index in [9.17, 15) is 4.79 Å². The van der Waals surface area contributed by atoms with Crippen molar-refractivity contribution in [3.8, 4) is 11.4 Å². The molecule has 0 radical (unpaired) electrons. The van der Waals surface area contributed by atoms with Crippen LogP contribution in [0.4, 0.5) is 0 Å². The second kappa shape index (κ2) is 15.7. The largest absolute Gasteiger partial charge is 0.303 e. The second-order valence-corrected chi connectivity index (χ2v) is 12.4. The highest BCUT2D eigenvalue weighted by atomic mass is 35.5. The molecule has 3 aromatic carbocycles. The Labute approximate surface area is 262 Å². The molecule has 2 unspecified atom stereocenters. The Morgan fingerprint density at radius 3 is 2.33 bits per heavy atom. The number of aromatic nitrogens is 2. The van der Waals surface area contributed by atoms with E-state index >= 15 is 0 Å². The van der Waals surface area contributed by atoms with Gasteiger partial charge in [-0.25, -0.2) is 9.97 Å². The van der Waals surface area contributed by atoms with Gasteiger partial charge in [0.25, 0.3) is 0 Å². The average molecular weight is 594 g/mol. The van der Waals surface area contributed by atoms with Crippen LogP contribution in [0.1, 0.15) is 67.3 Å². The lowest BCUT2D eigenvalue weighted by atomic mass is 9.84. The molecular formula is C38H44ClN3O. The Bertz CT molecular complexity index is 1480. The molecule has 1 heterocycles. The third-order valence-electron chi connectivity index (χ3n) is 8.38. The van der Waals surface area contributed by atoms with Gasteiger partial charge in [0.15, 0.2) is 5.82 Å². The lowest BCUT2D eigenvalue weighted by Crippen LogP contribution is -2.29. The molecule has 0 aliphatic carbocycles. The van der Waals surface area contributed by atoms with Crippen molar-refractivity contribution in [3.05, 3.63) is 130 Å². The molecule has 0 amide bonds. The molecule has 0 aliphatic rings. The predicted molar refractivity (Wildman–Crippen MR) is 179 cm³/mol. The summed E-state index contributed by atoms with van der Waals surface area (Å²) in [6.45, 7) is 15.4. The molecule has 0 N–H and O–H groups in total. The van der Waals surface area contributed by atoms with Crippen LogP contribution < -0.4 is 0 Å². The van der Waals surface area contributed by atoms with Gasteiger partial charge in [-0.05, 0) is 90.1 Å². The smallest absolute Gasteiger partial charge is 0.159 e. The fraction of sp³-hybridized carbons (Fsp3) is 0.342. The minimum Gasteiger partial charge on any atom is -0.303 e. The minimum absolute atomic E-state index is 0.261. The standard InChI is InChI=1S/C38H44ClN3O/c1-6-37(27(2)3)28(4)11-12-30-9-7-10-31(22-30)23-42(25-35(26-43)32-15-17-36(39)18-16-32)24-34-14-13-33(21-29(34)5)38-40-19-8-20-41-38/h7-10,13-22,26-27,35,37H,4,6,11-12,23-25H2,1-3,5H3. The fourth-order valence-electron chi connectivity index (χ4n) is 5.97. The first-order chi connectivity index (χ1) is 20.8. The fourth-order valence-corrected chi connectivity index (χ4v) is 6.09. The highest BCUT2D eigenvalue weighted by Crippen LogP contribution is 2.27. The summed E-state index contributed by atoms with van der Waals surface area (Å²) in [5, 5.41) is 0.668. The van der Waals surface area contributed by atoms with Gasteiger partial charge >= 0.3 is 0 Å². The molecule has 5 heteroatoms. The van der Waals surface area contributed by atoms with E-state index in [0.29, 0.717) is 29.9 Å². The van der Waals surface area contributed by atoms with Gasteiger partial charge in [0, 0.05) is 42.6 Å². The van der Waals surface area contributed by atoms with Crippen molar-refractivity contribution in [2.24, 2.45) is 11.8 Å². The van der Waals surface area contributed by atoms with Gasteiger partial charge in [-0.1, -0.05) is 93.1 Å². The number of halogens is 1. The van der Waals surface area contributed by atoms with Crippen molar-refractivity contribution in [2.75, 3.05) is 6.54 Å². The predicted octanol–water partition coefficient (Wildman–Crippen LogP) is 9.26. The van der Waals surface area contributed by atoms with Crippen LogP contribution in [0.15, 0.2) is 97.3 Å². The van der Waals surface area contributed by atoms with E-state index in [-0.39, 0.29) is 5.92 Å². The first-order valence-corrected chi connectivity index (χ1v) is 15.7. The molecular weight excluding hydrogens is 550 g/mol. The van der Waals surface area contributed by atoms with Gasteiger partial charge in [-0.2, -0.15) is 0 Å². The summed E-state index contributed by atoms with van der Waals surface area (Å²) >= 11 is 6.14. The molecule has 0 bridgehead atoms. The second-order valence-electron chi connectivity index (χ2n) is 11.9. The third-order valence-corrected chi connectivity index (χ3v) is 8.63. The quantitative estimate of drug-likeness (QED) is 0.102. The zero-order chi connectivity index (χ0) is 30.8. The number of allylic oxidation sites excluding steroid dienone is 1. The first kappa shape index (κ1) is 32.3. The van der Waals surface area contributed by atoms with Crippen molar-refractivity contribution in [3.63, 3.8) is 0 Å². The number of aryl methyl sites for hydroxylation is 2. The van der Waals surface area contributed by atoms with Gasteiger partial charge in [-0.3, -0.25) is 4.90 Å². The summed E-state index contributed by atoms with van der Waals surface area (Å²) < 4.78 is 0. The molecule has 1 aromatic heterocycles. The number of hydrogen-bond donors (Lipinski definition) is 0. The zero-order valence-corrected chi connectivity index (χ0v) is 26.7. The van der Waals surface area contributed by atoms with Gasteiger partial charge < -0.3 is 4.79 Å². The molecule has 0 saturated heterocycles. The van der Waals surface area contributed by atoms with Crippen molar-refractivity contribution >= 4 is 17.9 Å². The summed E-state index contributed by atoms with van der Waals surface area (Å²) in [5.41, 5.74) is 8.27. The molecule has 43 heavy (non-hydrogen) atoms. The van der Waals surface area contributed by atoms with E-state index in [1.54, 1.807) is 12.4 Å². The van der Waals surface area contributed by atoms with Gasteiger partial charge in [-0.15, -0.1) is 0 Å². The number of carbonyl (C=O) groups is 1. The summed E-state index contributed by atoms with van der Waals surface area (Å²) in [6.07, 6.45) is 7.71. The Morgan fingerprint density at radius 1 is 0.953 bits per heavy atom. The van der Waals surface area contributed by atoms with Crippen molar-refractivity contribution in [1.82, 2.24) is 14.9 Å². The van der Waals surface area contributed by atoms with Crippen LogP contribution in [0, 0.1) is 18.8 Å². The number of aldehydes is 1. The topological polar surface area (TPSA) is 46.1 Å². The SMILES string of the molecule is C=C(CCc1cccc(CN(Cc2ccc(-c3ncccn3)cc2C)CC(C=O)c2ccc(Cl)cc2)c1)C(CC)C(C)C. The maximum atomic E-state index is 12.3. The maximum Gasteiger partial charge on any atom is 0.159 e. The number of nitrogens with zero attached hydrogens (tertiary/aromatic N) is 3. The normalized spacial score (nSPS) is 12.8. The molecule has 0 spiro atoms. The van der Waals surface area contributed by atoms with E-state index in [1.165, 1.54) is 27.8 Å². The Kier molecular flexibility index (Phi) is 11.8. The molecule has 4 aromatic rings. The van der Waals surface area contributed by atoms with E-state index in [4.69, 9.17) is 11.6 Å². The van der Waals surface area contributed by atoms with E-state index in [2.05, 4.69) is 91.6 Å². The lowest BCUT2D eigenvalue weighted by molar-refractivity contribution is -0.109.